The lowest BCUT2D eigenvalue weighted by Crippen LogP contribution is -2.45. The molecule has 7 nitrogen and oxygen atoms in total. The molecule has 2 aliphatic heterocycles. The number of aryl methyl sites for hydroxylation is 1. The van der Waals surface area contributed by atoms with Gasteiger partial charge in [-0.2, -0.15) is 0 Å². The van der Waals surface area contributed by atoms with Gasteiger partial charge in [0.05, 0.1) is 23.6 Å². The van der Waals surface area contributed by atoms with Crippen molar-refractivity contribution in [3.63, 3.8) is 0 Å². The quantitative estimate of drug-likeness (QED) is 0.401. The van der Waals surface area contributed by atoms with Crippen LogP contribution in [0.4, 0.5) is 5.69 Å². The molecule has 1 aliphatic carbocycles. The van der Waals surface area contributed by atoms with Gasteiger partial charge in [0, 0.05) is 36.7 Å². The molecule has 0 aromatic heterocycles. The maximum atomic E-state index is 13.2. The van der Waals surface area contributed by atoms with E-state index in [1.165, 1.54) is 11.1 Å². The van der Waals surface area contributed by atoms with Crippen LogP contribution in [0.15, 0.2) is 36.4 Å². The van der Waals surface area contributed by atoms with Gasteiger partial charge in [0.2, 0.25) is 10.0 Å². The number of nitrogens with one attached hydrogen (secondary N) is 1. The first kappa shape index (κ1) is 31.1. The summed E-state index contributed by atoms with van der Waals surface area (Å²) in [6.07, 6.45) is 8.68. The van der Waals surface area contributed by atoms with Gasteiger partial charge in [0.15, 0.2) is 0 Å². The smallest absolute Gasteiger partial charge is 0.264 e. The Bertz CT molecular complexity index is 1370. The molecule has 0 radical (unpaired) electrons. The summed E-state index contributed by atoms with van der Waals surface area (Å²) < 4.78 is 40.8. The Labute approximate surface area is 256 Å². The second-order valence-electron chi connectivity index (χ2n) is 12.4. The van der Waals surface area contributed by atoms with Crippen LogP contribution in [0, 0.1) is 11.8 Å². The standard InChI is InChI=1S/C33H45ClN2O5S/c1-4-5-9-23-17-27(34)13-15-28(23)26-20-36-19-25-11-14-29(25)31(40-3)10-7-6-8-22(2)42(38,39)35-33(37)24-12-16-32(41-21-26)30(36)18-24/h12-13,15-18,22,25-26,29,31H,4-11,14,19-21H2,1-3H3,(H,35,37)/t22-,25+,26+,29-,31+/m1/s1. The number of nitrogens with zero attached hydrogens (tertiary/aromatic N) is 1. The highest BCUT2D eigenvalue weighted by atomic mass is 35.5. The monoisotopic (exact) mass is 616 g/mol. The van der Waals surface area contributed by atoms with Crippen LogP contribution >= 0.6 is 11.6 Å². The minimum atomic E-state index is -3.80. The Morgan fingerprint density at radius 1 is 1.07 bits per heavy atom. The van der Waals surface area contributed by atoms with Crippen molar-refractivity contribution in [2.75, 3.05) is 31.7 Å². The number of hydrogen-bond acceptors (Lipinski definition) is 6. The Morgan fingerprint density at radius 2 is 1.88 bits per heavy atom. The molecule has 1 saturated carbocycles. The summed E-state index contributed by atoms with van der Waals surface area (Å²) in [5.74, 6) is 1.16. The predicted octanol–water partition coefficient (Wildman–Crippen LogP) is 6.73. The average molecular weight is 617 g/mol. The third-order valence-corrected chi connectivity index (χ3v) is 11.6. The number of methoxy groups -OCH3 is 1. The summed E-state index contributed by atoms with van der Waals surface area (Å²) in [5.41, 5.74) is 3.68. The lowest BCUT2D eigenvalue weighted by molar-refractivity contribution is -0.0218. The van der Waals surface area contributed by atoms with E-state index in [-0.39, 0.29) is 12.0 Å². The number of amides is 1. The second kappa shape index (κ2) is 13.6. The Kier molecular flexibility index (Phi) is 10.1. The van der Waals surface area contributed by atoms with Crippen molar-refractivity contribution >= 4 is 33.2 Å². The number of rotatable bonds is 5. The van der Waals surface area contributed by atoms with Gasteiger partial charge >= 0.3 is 0 Å². The molecule has 42 heavy (non-hydrogen) atoms. The van der Waals surface area contributed by atoms with E-state index in [9.17, 15) is 13.2 Å². The fourth-order valence-electron chi connectivity index (χ4n) is 6.87. The van der Waals surface area contributed by atoms with Crippen molar-refractivity contribution in [2.24, 2.45) is 11.8 Å². The summed E-state index contributed by atoms with van der Waals surface area (Å²) >= 11 is 6.43. The molecular formula is C33H45ClN2O5S. The van der Waals surface area contributed by atoms with Crippen LogP contribution in [-0.2, 0) is 21.2 Å². The van der Waals surface area contributed by atoms with E-state index in [0.29, 0.717) is 30.4 Å². The molecule has 1 fully saturated rings. The molecule has 230 valence electrons. The van der Waals surface area contributed by atoms with Gasteiger partial charge in [-0.05, 0) is 98.7 Å². The number of unbranched alkanes of at least 4 members (excludes halogenated alkanes) is 1. The summed E-state index contributed by atoms with van der Waals surface area (Å²) in [6, 6.07) is 11.5. The zero-order valence-corrected chi connectivity index (χ0v) is 26.7. The molecule has 5 rings (SSSR count). The fraction of sp³-hybridized carbons (Fsp3) is 0.606. The molecule has 2 aromatic carbocycles. The number of fused-ring (bicyclic) bond motifs is 2. The number of benzene rings is 2. The van der Waals surface area contributed by atoms with E-state index in [1.54, 1.807) is 26.2 Å². The van der Waals surface area contributed by atoms with Crippen LogP contribution in [0.3, 0.4) is 0 Å². The minimum absolute atomic E-state index is 0.113. The molecular weight excluding hydrogens is 572 g/mol. The van der Waals surface area contributed by atoms with Crippen LogP contribution in [0.5, 0.6) is 5.75 Å². The number of ether oxygens (including phenoxy) is 2. The molecule has 1 N–H and O–H groups in total. The summed E-state index contributed by atoms with van der Waals surface area (Å²) in [5, 5.41) is 0.0880. The zero-order chi connectivity index (χ0) is 29.9. The van der Waals surface area contributed by atoms with Crippen LogP contribution in [0.1, 0.15) is 92.6 Å². The maximum absolute atomic E-state index is 13.2. The number of halogens is 1. The molecule has 2 aromatic rings. The van der Waals surface area contributed by atoms with Crippen molar-refractivity contribution in [2.45, 2.75) is 88.9 Å². The fourth-order valence-corrected chi connectivity index (χ4v) is 8.12. The van der Waals surface area contributed by atoms with E-state index in [4.69, 9.17) is 21.1 Å². The molecule has 0 spiro atoms. The predicted molar refractivity (Wildman–Crippen MR) is 168 cm³/mol. The highest BCUT2D eigenvalue weighted by molar-refractivity contribution is 7.90. The lowest BCUT2D eigenvalue weighted by Gasteiger charge is -2.44. The van der Waals surface area contributed by atoms with E-state index < -0.39 is 21.2 Å². The SMILES string of the molecule is CCCCc1cc(Cl)ccc1[C@@H]1COc2ccc3cc2N(C1)C[C@@H]1CC[C@H]1[C@@H](OC)CCCC[C@@H](C)S(=O)(=O)NC3=O. The van der Waals surface area contributed by atoms with Gasteiger partial charge in [-0.25, -0.2) is 13.1 Å². The van der Waals surface area contributed by atoms with Crippen LogP contribution < -0.4 is 14.4 Å². The first-order valence-corrected chi connectivity index (χ1v) is 17.5. The Balaban J connectivity index is 1.52. The summed E-state index contributed by atoms with van der Waals surface area (Å²) in [7, 11) is -2.00. The highest BCUT2D eigenvalue weighted by Crippen LogP contribution is 2.43. The molecule has 2 heterocycles. The van der Waals surface area contributed by atoms with Crippen LogP contribution in [0.25, 0.3) is 0 Å². The first-order valence-electron chi connectivity index (χ1n) is 15.6. The minimum Gasteiger partial charge on any atom is -0.491 e. The van der Waals surface area contributed by atoms with Gasteiger partial charge in [-0.3, -0.25) is 4.79 Å². The molecule has 1 amide bonds. The van der Waals surface area contributed by atoms with Crippen LogP contribution in [0.2, 0.25) is 5.02 Å². The van der Waals surface area contributed by atoms with E-state index in [2.05, 4.69) is 28.7 Å². The van der Waals surface area contributed by atoms with E-state index in [0.717, 1.165) is 80.9 Å². The Morgan fingerprint density at radius 3 is 2.62 bits per heavy atom. The molecule has 9 heteroatoms. The first-order chi connectivity index (χ1) is 20.2. The van der Waals surface area contributed by atoms with Gasteiger partial charge < -0.3 is 14.4 Å². The zero-order valence-electron chi connectivity index (χ0n) is 25.1. The molecule has 5 atom stereocenters. The van der Waals surface area contributed by atoms with E-state index >= 15 is 0 Å². The number of hydrogen-bond donors (Lipinski definition) is 1. The summed E-state index contributed by atoms with van der Waals surface area (Å²) in [6.45, 7) is 5.94. The van der Waals surface area contributed by atoms with Crippen molar-refractivity contribution in [1.82, 2.24) is 4.72 Å². The molecule has 3 aliphatic rings. The van der Waals surface area contributed by atoms with Crippen molar-refractivity contribution < 1.29 is 22.7 Å². The van der Waals surface area contributed by atoms with Crippen LogP contribution in [-0.4, -0.2) is 52.5 Å². The summed E-state index contributed by atoms with van der Waals surface area (Å²) in [4.78, 5) is 15.6. The average Bonchev–Trinajstić information content (AvgIpc) is 3.13. The third kappa shape index (κ3) is 6.92. The number of sulfonamides is 1. The maximum Gasteiger partial charge on any atom is 0.264 e. The highest BCUT2D eigenvalue weighted by Gasteiger charge is 2.39. The van der Waals surface area contributed by atoms with Crippen molar-refractivity contribution in [3.05, 3.63) is 58.1 Å². The second-order valence-corrected chi connectivity index (χ2v) is 14.9. The topological polar surface area (TPSA) is 84.9 Å². The number of anilines is 1. The van der Waals surface area contributed by atoms with Gasteiger partial charge in [0.1, 0.15) is 5.75 Å². The van der Waals surface area contributed by atoms with Crippen molar-refractivity contribution in [3.8, 4) is 5.75 Å². The largest absolute Gasteiger partial charge is 0.491 e. The van der Waals surface area contributed by atoms with Crippen molar-refractivity contribution in [1.29, 1.82) is 0 Å². The lowest BCUT2D eigenvalue weighted by atomic mass is 9.69. The van der Waals surface area contributed by atoms with Gasteiger partial charge in [-0.15, -0.1) is 0 Å². The third-order valence-electron chi connectivity index (χ3n) is 9.61. The van der Waals surface area contributed by atoms with E-state index in [1.807, 2.05) is 12.1 Å². The molecule has 0 unspecified atom stereocenters. The van der Waals surface area contributed by atoms with Gasteiger partial charge in [0.25, 0.3) is 5.91 Å². The number of carbonyl (C=O) groups excluding carboxylic acids is 1. The van der Waals surface area contributed by atoms with Gasteiger partial charge in [-0.1, -0.05) is 43.9 Å². The molecule has 0 saturated heterocycles. The Hall–Kier alpha value is -2.29. The normalized spacial score (nSPS) is 28.0. The number of carbonyl (C=O) groups is 1. The molecule has 2 bridgehead atoms.